The van der Waals surface area contributed by atoms with E-state index in [9.17, 15) is 0 Å². The third kappa shape index (κ3) is 1.52. The lowest BCUT2D eigenvalue weighted by Gasteiger charge is -2.09. The minimum absolute atomic E-state index is 0.199. The Hall–Kier alpha value is -1.31. The Kier molecular flexibility index (Phi) is 2.28. The zero-order chi connectivity index (χ0) is 10.1. The monoisotopic (exact) mass is 189 g/mol. The second-order valence-electron chi connectivity index (χ2n) is 3.81. The van der Waals surface area contributed by atoms with Crippen LogP contribution in [-0.2, 0) is 4.74 Å². The predicted molar refractivity (Wildman–Crippen MR) is 57.7 cm³/mol. The number of hydrogen-bond acceptors (Lipinski definition) is 2. The van der Waals surface area contributed by atoms with Gasteiger partial charge in [0.1, 0.15) is 6.10 Å². The van der Waals surface area contributed by atoms with Crippen molar-refractivity contribution in [3.63, 3.8) is 0 Å². The smallest absolute Gasteiger partial charge is 0.217 e. The molecule has 0 fully saturated rings. The molecule has 0 saturated heterocycles. The molecule has 1 aromatic carbocycles. The van der Waals surface area contributed by atoms with E-state index < -0.39 is 0 Å². The summed E-state index contributed by atoms with van der Waals surface area (Å²) in [7, 11) is 0. The van der Waals surface area contributed by atoms with Gasteiger partial charge in [0.05, 0.1) is 6.04 Å². The molecule has 2 rings (SSSR count). The average molecular weight is 189 g/mol. The van der Waals surface area contributed by atoms with Crippen molar-refractivity contribution in [1.29, 1.82) is 0 Å². The van der Waals surface area contributed by atoms with E-state index in [1.54, 1.807) is 0 Å². The summed E-state index contributed by atoms with van der Waals surface area (Å²) in [6, 6.07) is 8.45. The van der Waals surface area contributed by atoms with Crippen LogP contribution in [0.3, 0.4) is 0 Å². The van der Waals surface area contributed by atoms with Crippen LogP contribution in [0.5, 0.6) is 0 Å². The van der Waals surface area contributed by atoms with E-state index in [4.69, 9.17) is 4.74 Å². The van der Waals surface area contributed by atoms with Gasteiger partial charge < -0.3 is 4.74 Å². The molecule has 1 aromatic rings. The van der Waals surface area contributed by atoms with Gasteiger partial charge in [0.15, 0.2) is 0 Å². The molecule has 2 atom stereocenters. The van der Waals surface area contributed by atoms with Gasteiger partial charge in [-0.05, 0) is 32.4 Å². The minimum atomic E-state index is 0.199. The van der Waals surface area contributed by atoms with Gasteiger partial charge in [0.2, 0.25) is 5.90 Å². The van der Waals surface area contributed by atoms with Crippen LogP contribution in [0.1, 0.15) is 25.0 Å². The normalized spacial score (nSPS) is 25.8. The molecule has 0 saturated carbocycles. The predicted octanol–water partition coefficient (Wildman–Crippen LogP) is 2.55. The lowest BCUT2D eigenvalue weighted by atomic mass is 10.1. The zero-order valence-corrected chi connectivity index (χ0v) is 8.82. The van der Waals surface area contributed by atoms with Crippen molar-refractivity contribution in [2.75, 3.05) is 0 Å². The number of aryl methyl sites for hydroxylation is 1. The summed E-state index contributed by atoms with van der Waals surface area (Å²) in [6.45, 7) is 6.21. The van der Waals surface area contributed by atoms with Crippen molar-refractivity contribution in [2.24, 2.45) is 4.99 Å². The van der Waals surface area contributed by atoms with Crippen LogP contribution < -0.4 is 0 Å². The first-order valence-electron chi connectivity index (χ1n) is 4.99. The van der Waals surface area contributed by atoms with Crippen LogP contribution in [0.15, 0.2) is 29.3 Å². The fraction of sp³-hybridized carbons (Fsp3) is 0.417. The van der Waals surface area contributed by atoms with Gasteiger partial charge in [0.25, 0.3) is 0 Å². The van der Waals surface area contributed by atoms with Crippen molar-refractivity contribution in [2.45, 2.75) is 32.9 Å². The van der Waals surface area contributed by atoms with Crippen molar-refractivity contribution in [3.05, 3.63) is 35.4 Å². The topological polar surface area (TPSA) is 21.6 Å². The molecular formula is C12H15NO. The summed E-state index contributed by atoms with van der Waals surface area (Å²) in [5, 5.41) is 0. The van der Waals surface area contributed by atoms with Crippen LogP contribution in [0.4, 0.5) is 0 Å². The van der Waals surface area contributed by atoms with E-state index in [0.717, 1.165) is 11.5 Å². The summed E-state index contributed by atoms with van der Waals surface area (Å²) in [6.07, 6.45) is 0.199. The summed E-state index contributed by atoms with van der Waals surface area (Å²) < 4.78 is 5.69. The Balaban J connectivity index is 2.34. The second kappa shape index (κ2) is 3.45. The van der Waals surface area contributed by atoms with Crippen LogP contribution >= 0.6 is 0 Å². The summed E-state index contributed by atoms with van der Waals surface area (Å²) in [5.41, 5.74) is 2.33. The first-order valence-corrected chi connectivity index (χ1v) is 4.99. The minimum Gasteiger partial charge on any atom is -0.472 e. The second-order valence-corrected chi connectivity index (χ2v) is 3.81. The zero-order valence-electron chi connectivity index (χ0n) is 8.82. The van der Waals surface area contributed by atoms with Crippen molar-refractivity contribution in [1.82, 2.24) is 0 Å². The third-order valence-corrected chi connectivity index (χ3v) is 2.67. The van der Waals surface area contributed by atoms with Crippen LogP contribution in [0.2, 0.25) is 0 Å². The lowest BCUT2D eigenvalue weighted by molar-refractivity contribution is 0.219. The first-order chi connectivity index (χ1) is 6.68. The molecule has 1 heterocycles. The van der Waals surface area contributed by atoms with Gasteiger partial charge in [-0.2, -0.15) is 0 Å². The molecule has 0 spiro atoms. The molecule has 1 aliphatic heterocycles. The van der Waals surface area contributed by atoms with Crippen LogP contribution in [0, 0.1) is 6.92 Å². The molecule has 74 valence electrons. The van der Waals surface area contributed by atoms with Crippen LogP contribution in [0.25, 0.3) is 0 Å². The Morgan fingerprint density at radius 3 is 2.50 bits per heavy atom. The van der Waals surface area contributed by atoms with Gasteiger partial charge in [-0.3, -0.25) is 0 Å². The van der Waals surface area contributed by atoms with Gasteiger partial charge in [-0.15, -0.1) is 0 Å². The quantitative estimate of drug-likeness (QED) is 0.665. The molecule has 0 N–H and O–H groups in total. The molecular weight excluding hydrogens is 174 g/mol. The Bertz CT molecular complexity index is 370. The first kappa shape index (κ1) is 9.25. The standard InChI is InChI=1S/C12H15NO/c1-8-6-4-5-7-11(8)12-13-9(2)10(3)14-12/h4-7,9-10H,1-3H3. The van der Waals surface area contributed by atoms with E-state index in [-0.39, 0.29) is 12.1 Å². The van der Waals surface area contributed by atoms with E-state index in [1.807, 2.05) is 12.1 Å². The molecule has 2 nitrogen and oxygen atoms in total. The molecule has 1 aliphatic rings. The maximum absolute atomic E-state index is 5.69. The number of rotatable bonds is 1. The summed E-state index contributed by atoms with van der Waals surface area (Å²) in [4.78, 5) is 4.50. The highest BCUT2D eigenvalue weighted by Crippen LogP contribution is 2.19. The van der Waals surface area contributed by atoms with Crippen molar-refractivity contribution < 1.29 is 4.74 Å². The van der Waals surface area contributed by atoms with Gasteiger partial charge in [-0.1, -0.05) is 18.2 Å². The van der Waals surface area contributed by atoms with Gasteiger partial charge in [-0.25, -0.2) is 4.99 Å². The van der Waals surface area contributed by atoms with Gasteiger partial charge >= 0.3 is 0 Å². The lowest BCUT2D eigenvalue weighted by Crippen LogP contribution is -2.15. The molecule has 0 aromatic heterocycles. The molecule has 0 aliphatic carbocycles. The molecule has 14 heavy (non-hydrogen) atoms. The number of benzene rings is 1. The summed E-state index contributed by atoms with van der Waals surface area (Å²) >= 11 is 0. The number of hydrogen-bond donors (Lipinski definition) is 0. The Morgan fingerprint density at radius 2 is 1.93 bits per heavy atom. The highest BCUT2D eigenvalue weighted by Gasteiger charge is 2.24. The fourth-order valence-corrected chi connectivity index (χ4v) is 1.54. The maximum atomic E-state index is 5.69. The fourth-order valence-electron chi connectivity index (χ4n) is 1.54. The maximum Gasteiger partial charge on any atom is 0.217 e. The third-order valence-electron chi connectivity index (χ3n) is 2.67. The molecule has 0 amide bonds. The van der Waals surface area contributed by atoms with Gasteiger partial charge in [0, 0.05) is 5.56 Å². The van der Waals surface area contributed by atoms with Crippen LogP contribution in [-0.4, -0.2) is 18.0 Å². The summed E-state index contributed by atoms with van der Waals surface area (Å²) in [5.74, 6) is 0.795. The molecule has 0 radical (unpaired) electrons. The average Bonchev–Trinajstić information content (AvgIpc) is 2.48. The van der Waals surface area contributed by atoms with E-state index >= 15 is 0 Å². The highest BCUT2D eigenvalue weighted by molar-refractivity contribution is 5.96. The Labute approximate surface area is 84.6 Å². The van der Waals surface area contributed by atoms with E-state index in [2.05, 4.69) is 37.9 Å². The van der Waals surface area contributed by atoms with E-state index in [1.165, 1.54) is 5.56 Å². The number of nitrogens with zero attached hydrogens (tertiary/aromatic N) is 1. The van der Waals surface area contributed by atoms with Crippen molar-refractivity contribution >= 4 is 5.90 Å². The molecule has 0 bridgehead atoms. The Morgan fingerprint density at radius 1 is 1.21 bits per heavy atom. The van der Waals surface area contributed by atoms with E-state index in [0.29, 0.717) is 0 Å². The molecule has 2 unspecified atom stereocenters. The highest BCUT2D eigenvalue weighted by atomic mass is 16.5. The molecule has 2 heteroatoms. The van der Waals surface area contributed by atoms with Crippen molar-refractivity contribution in [3.8, 4) is 0 Å². The number of aliphatic imine (C=N–C) groups is 1. The SMILES string of the molecule is Cc1ccccc1C1=NC(C)C(C)O1. The number of ether oxygens (including phenoxy) is 1. The largest absolute Gasteiger partial charge is 0.472 e.